The van der Waals surface area contributed by atoms with Crippen molar-refractivity contribution in [3.05, 3.63) is 35.5 Å². The van der Waals surface area contributed by atoms with E-state index in [1.165, 1.54) is 18.4 Å². The summed E-state index contributed by atoms with van der Waals surface area (Å²) >= 11 is 1.24. The summed E-state index contributed by atoms with van der Waals surface area (Å²) in [5.74, 6) is 3.96. The molecule has 0 radical (unpaired) electrons. The van der Waals surface area contributed by atoms with Crippen LogP contribution in [0.4, 0.5) is 5.13 Å². The Balaban J connectivity index is 1.95. The second-order valence-electron chi connectivity index (χ2n) is 6.38. The van der Waals surface area contributed by atoms with Crippen molar-refractivity contribution >= 4 is 44.3 Å². The molecule has 3 rings (SSSR count). The first-order valence-electron chi connectivity index (χ1n) is 9.00. The number of carbonyl (C=O) groups excluding carboxylic acids is 3. The number of hydrogen-bond donors (Lipinski definition) is 1. The molecule has 10 heteroatoms. The molecule has 1 saturated heterocycles. The monoisotopic (exact) mass is 418 g/mol. The van der Waals surface area contributed by atoms with E-state index in [1.807, 2.05) is 29.2 Å². The minimum absolute atomic E-state index is 0.154. The van der Waals surface area contributed by atoms with Crippen LogP contribution in [0.15, 0.2) is 35.5 Å². The lowest BCUT2D eigenvalue weighted by Crippen LogP contribution is -2.43. The van der Waals surface area contributed by atoms with Gasteiger partial charge in [0, 0.05) is 18.8 Å². The zero-order chi connectivity index (χ0) is 21.0. The topological polar surface area (TPSA) is 115 Å². The standard InChI is InChI=1S/C19H22N4O5S/c1-12(22-7-9-28-10-8-22)17(14(24)11-16(25)27-2)18(26)23(20)19-21-13-5-3-4-6-15(13)29-19/h3-6H,7-11,20H2,1-2H3/b17-12+. The quantitative estimate of drug-likeness (QED) is 0.142. The normalized spacial score (nSPS) is 15.1. The summed E-state index contributed by atoms with van der Waals surface area (Å²) in [5, 5.41) is 1.12. The number of ketones is 1. The third-order valence-electron chi connectivity index (χ3n) is 4.58. The molecule has 154 valence electrons. The lowest BCUT2D eigenvalue weighted by atomic mass is 10.0. The molecular formula is C19H22N4O5S. The fourth-order valence-electron chi connectivity index (χ4n) is 2.99. The molecule has 0 atom stereocenters. The van der Waals surface area contributed by atoms with E-state index in [4.69, 9.17) is 10.6 Å². The molecule has 0 bridgehead atoms. The minimum atomic E-state index is -0.723. The number of nitrogens with zero attached hydrogens (tertiary/aromatic N) is 3. The smallest absolute Gasteiger partial charge is 0.313 e. The van der Waals surface area contributed by atoms with Crippen LogP contribution in [0.3, 0.4) is 0 Å². The van der Waals surface area contributed by atoms with Gasteiger partial charge in [-0.3, -0.25) is 14.4 Å². The number of fused-ring (bicyclic) bond motifs is 1. The van der Waals surface area contributed by atoms with Gasteiger partial charge in [-0.05, 0) is 19.1 Å². The molecule has 0 aliphatic carbocycles. The van der Waals surface area contributed by atoms with Crippen LogP contribution in [0, 0.1) is 0 Å². The Bertz CT molecular complexity index is 931. The van der Waals surface area contributed by atoms with E-state index >= 15 is 0 Å². The van der Waals surface area contributed by atoms with Crippen molar-refractivity contribution in [2.45, 2.75) is 13.3 Å². The molecule has 0 unspecified atom stereocenters. The SMILES string of the molecule is COC(=O)CC(=O)/C(C(=O)N(N)c1nc2ccccc2s1)=C(/C)N1CCOCC1. The van der Waals surface area contributed by atoms with E-state index < -0.39 is 24.1 Å². The maximum Gasteiger partial charge on any atom is 0.313 e. The number of carbonyl (C=O) groups is 3. The summed E-state index contributed by atoms with van der Waals surface area (Å²) in [6, 6.07) is 7.38. The molecule has 1 amide bonds. The van der Waals surface area contributed by atoms with Crippen LogP contribution in [0.25, 0.3) is 10.2 Å². The molecule has 0 spiro atoms. The minimum Gasteiger partial charge on any atom is -0.469 e. The average Bonchev–Trinajstić information content (AvgIpc) is 3.17. The molecule has 1 aliphatic rings. The molecule has 2 N–H and O–H groups in total. The largest absolute Gasteiger partial charge is 0.469 e. The first-order valence-corrected chi connectivity index (χ1v) is 9.82. The van der Waals surface area contributed by atoms with Crippen LogP contribution in [0.2, 0.25) is 0 Å². The van der Waals surface area contributed by atoms with Crippen LogP contribution in [0.5, 0.6) is 0 Å². The number of anilines is 1. The maximum absolute atomic E-state index is 13.2. The predicted octanol–water partition coefficient (Wildman–Crippen LogP) is 1.24. The summed E-state index contributed by atoms with van der Waals surface area (Å²) in [7, 11) is 1.19. The molecule has 2 heterocycles. The van der Waals surface area contributed by atoms with Gasteiger partial charge in [0.15, 0.2) is 5.78 Å². The molecule has 0 saturated carbocycles. The Hall–Kier alpha value is -2.82. The number of nitrogens with two attached hydrogens (primary N) is 1. The number of allylic oxidation sites excluding steroid dienone is 1. The number of benzene rings is 1. The first kappa shape index (κ1) is 20.9. The number of aromatic nitrogens is 1. The van der Waals surface area contributed by atoms with E-state index in [2.05, 4.69) is 9.72 Å². The van der Waals surface area contributed by atoms with Gasteiger partial charge in [0.05, 0.1) is 30.5 Å². The number of ether oxygens (including phenoxy) is 2. The van der Waals surface area contributed by atoms with Crippen LogP contribution in [-0.4, -0.2) is 61.0 Å². The highest BCUT2D eigenvalue weighted by molar-refractivity contribution is 7.22. The third kappa shape index (κ3) is 4.61. The second kappa shape index (κ2) is 9.12. The molecule has 1 aromatic carbocycles. The van der Waals surface area contributed by atoms with Crippen LogP contribution in [-0.2, 0) is 23.9 Å². The fourth-order valence-corrected chi connectivity index (χ4v) is 3.88. The number of hydrazine groups is 1. The molecule has 9 nitrogen and oxygen atoms in total. The van der Waals surface area contributed by atoms with Gasteiger partial charge in [-0.25, -0.2) is 15.8 Å². The number of morpholine rings is 1. The van der Waals surface area contributed by atoms with E-state index in [9.17, 15) is 14.4 Å². The average molecular weight is 418 g/mol. The third-order valence-corrected chi connectivity index (χ3v) is 5.62. The lowest BCUT2D eigenvalue weighted by Gasteiger charge is -2.31. The lowest BCUT2D eigenvalue weighted by molar-refractivity contribution is -0.142. The second-order valence-corrected chi connectivity index (χ2v) is 7.38. The van der Waals surface area contributed by atoms with Crippen molar-refractivity contribution < 1.29 is 23.9 Å². The van der Waals surface area contributed by atoms with Gasteiger partial charge < -0.3 is 14.4 Å². The van der Waals surface area contributed by atoms with Crippen LogP contribution < -0.4 is 10.9 Å². The summed E-state index contributed by atoms with van der Waals surface area (Å²) < 4.78 is 10.8. The summed E-state index contributed by atoms with van der Waals surface area (Å²) in [5.41, 5.74) is 0.995. The maximum atomic E-state index is 13.2. The van der Waals surface area contributed by atoms with E-state index in [1.54, 1.807) is 6.92 Å². The zero-order valence-electron chi connectivity index (χ0n) is 16.2. The molecule has 29 heavy (non-hydrogen) atoms. The Kier molecular flexibility index (Phi) is 6.57. The van der Waals surface area contributed by atoms with Crippen LogP contribution in [0.1, 0.15) is 13.3 Å². The predicted molar refractivity (Wildman–Crippen MR) is 108 cm³/mol. The number of methoxy groups -OCH3 is 1. The Labute approximate surface area is 171 Å². The Morgan fingerprint density at radius 2 is 1.97 bits per heavy atom. The van der Waals surface area contributed by atoms with E-state index in [0.29, 0.717) is 37.5 Å². The van der Waals surface area contributed by atoms with Gasteiger partial charge in [0.2, 0.25) is 5.13 Å². The van der Waals surface area contributed by atoms with Gasteiger partial charge in [-0.1, -0.05) is 23.5 Å². The summed E-state index contributed by atoms with van der Waals surface area (Å²) in [6.45, 7) is 3.68. The highest BCUT2D eigenvalue weighted by atomic mass is 32.1. The number of Topliss-reactive ketones (excluding diaryl/α,β-unsaturated/α-hetero) is 1. The Morgan fingerprint density at radius 1 is 1.28 bits per heavy atom. The molecule has 1 aromatic heterocycles. The number of rotatable bonds is 6. The molecule has 1 aliphatic heterocycles. The van der Waals surface area contributed by atoms with Gasteiger partial charge >= 0.3 is 5.97 Å². The van der Waals surface area contributed by atoms with Crippen molar-refractivity contribution in [2.75, 3.05) is 38.4 Å². The van der Waals surface area contributed by atoms with Crippen LogP contribution >= 0.6 is 11.3 Å². The number of thiazole rings is 1. The number of hydrogen-bond acceptors (Lipinski definition) is 9. The van der Waals surface area contributed by atoms with Crippen molar-refractivity contribution in [3.8, 4) is 0 Å². The van der Waals surface area contributed by atoms with Crippen molar-refractivity contribution in [1.29, 1.82) is 0 Å². The zero-order valence-corrected chi connectivity index (χ0v) is 17.0. The van der Waals surface area contributed by atoms with Crippen molar-refractivity contribution in [1.82, 2.24) is 9.88 Å². The molecule has 2 aromatic rings. The molecular weight excluding hydrogens is 396 g/mol. The highest BCUT2D eigenvalue weighted by Crippen LogP contribution is 2.28. The molecule has 1 fully saturated rings. The number of para-hydroxylation sites is 1. The fraction of sp³-hybridized carbons (Fsp3) is 0.368. The van der Waals surface area contributed by atoms with Crippen molar-refractivity contribution in [3.63, 3.8) is 0 Å². The van der Waals surface area contributed by atoms with Gasteiger partial charge in [0.1, 0.15) is 12.0 Å². The number of esters is 1. The highest BCUT2D eigenvalue weighted by Gasteiger charge is 2.31. The van der Waals surface area contributed by atoms with E-state index in [0.717, 1.165) is 9.71 Å². The number of amides is 1. The van der Waals surface area contributed by atoms with Crippen molar-refractivity contribution in [2.24, 2.45) is 5.84 Å². The summed E-state index contributed by atoms with van der Waals surface area (Å²) in [4.78, 5) is 43.9. The van der Waals surface area contributed by atoms with Gasteiger partial charge in [-0.2, -0.15) is 0 Å². The first-order chi connectivity index (χ1) is 13.9. The van der Waals surface area contributed by atoms with E-state index in [-0.39, 0.29) is 10.7 Å². The summed E-state index contributed by atoms with van der Waals surface area (Å²) in [6.07, 6.45) is -0.549. The Morgan fingerprint density at radius 3 is 2.62 bits per heavy atom. The van der Waals surface area contributed by atoms with Gasteiger partial charge in [-0.15, -0.1) is 0 Å². The van der Waals surface area contributed by atoms with Gasteiger partial charge in [0.25, 0.3) is 5.91 Å².